The number of thiazole rings is 1. The van der Waals surface area contributed by atoms with E-state index in [0.717, 1.165) is 10.6 Å². The highest BCUT2D eigenvalue weighted by Crippen LogP contribution is 2.38. The Morgan fingerprint density at radius 3 is 2.22 bits per heavy atom. The lowest BCUT2D eigenvalue weighted by Crippen LogP contribution is -2.33. The number of hydrogen-bond acceptors (Lipinski definition) is 11. The summed E-state index contributed by atoms with van der Waals surface area (Å²) in [7, 11) is 0.325. The van der Waals surface area contributed by atoms with Crippen LogP contribution < -0.4 is 14.2 Å². The maximum atomic E-state index is 13.6. The van der Waals surface area contributed by atoms with Gasteiger partial charge in [-0.25, -0.2) is 23.4 Å². The van der Waals surface area contributed by atoms with Crippen molar-refractivity contribution in [2.45, 2.75) is 32.1 Å². The van der Waals surface area contributed by atoms with Crippen LogP contribution in [0.25, 0.3) is 17.2 Å². The summed E-state index contributed by atoms with van der Waals surface area (Å²) in [5, 5.41) is 9.98. The first-order valence-corrected chi connectivity index (χ1v) is 13.5. The Morgan fingerprint density at radius 2 is 1.68 bits per heavy atom. The largest absolute Gasteiger partial charge is 0.494 e. The molecule has 0 bridgehead atoms. The molecule has 0 aliphatic rings. The van der Waals surface area contributed by atoms with Crippen LogP contribution in [0.15, 0.2) is 36.0 Å². The average Bonchev–Trinajstić information content (AvgIpc) is 3.50. The lowest BCUT2D eigenvalue weighted by molar-refractivity contribution is 0.0949. The van der Waals surface area contributed by atoms with Gasteiger partial charge in [0.05, 0.1) is 19.2 Å². The van der Waals surface area contributed by atoms with Crippen molar-refractivity contribution >= 4 is 27.3 Å². The third-order valence-corrected chi connectivity index (χ3v) is 8.06. The van der Waals surface area contributed by atoms with E-state index in [0.29, 0.717) is 28.7 Å². The Morgan fingerprint density at radius 1 is 1.03 bits per heavy atom. The van der Waals surface area contributed by atoms with Gasteiger partial charge in [0, 0.05) is 24.9 Å². The van der Waals surface area contributed by atoms with Crippen molar-refractivity contribution < 1.29 is 22.6 Å². The van der Waals surface area contributed by atoms with Gasteiger partial charge < -0.3 is 14.2 Å². The maximum Gasteiger partial charge on any atom is 0.243 e. The van der Waals surface area contributed by atoms with E-state index in [2.05, 4.69) is 29.9 Å². The molecule has 12 nitrogen and oxygen atoms in total. The second-order valence-corrected chi connectivity index (χ2v) is 11.2. The van der Waals surface area contributed by atoms with Crippen molar-refractivity contribution in [1.82, 2.24) is 29.7 Å². The number of rotatable bonds is 10. The van der Waals surface area contributed by atoms with Gasteiger partial charge in [-0.1, -0.05) is 6.07 Å². The fraction of sp³-hybridized carbons (Fsp3) is 0.348. The van der Waals surface area contributed by atoms with Crippen LogP contribution in [0.4, 0.5) is 5.95 Å². The smallest absolute Gasteiger partial charge is 0.243 e. The summed E-state index contributed by atoms with van der Waals surface area (Å²) in [6.07, 6.45) is 2.28. The lowest BCUT2D eigenvalue weighted by Gasteiger charge is -2.22. The third kappa shape index (κ3) is 5.26. The number of nitrogens with zero attached hydrogens (tertiary/aromatic N) is 6. The van der Waals surface area contributed by atoms with Gasteiger partial charge in [-0.3, -0.25) is 9.29 Å². The minimum atomic E-state index is -4.09. The second kappa shape index (κ2) is 10.8. The average molecular weight is 546 g/mol. The molecule has 0 saturated carbocycles. The van der Waals surface area contributed by atoms with Gasteiger partial charge in [-0.15, -0.1) is 21.5 Å². The van der Waals surface area contributed by atoms with E-state index >= 15 is 0 Å². The van der Waals surface area contributed by atoms with Gasteiger partial charge in [-0.2, -0.15) is 0 Å². The number of ether oxygens (including phenoxy) is 3. The summed E-state index contributed by atoms with van der Waals surface area (Å²) in [5.74, 6) is 1.32. The van der Waals surface area contributed by atoms with Crippen LogP contribution in [0.5, 0.6) is 11.5 Å². The van der Waals surface area contributed by atoms with Gasteiger partial charge in [-0.05, 0) is 38.5 Å². The van der Waals surface area contributed by atoms with Gasteiger partial charge in [0.2, 0.25) is 16.0 Å². The molecule has 2 unspecified atom stereocenters. The number of anilines is 1. The van der Waals surface area contributed by atoms with E-state index in [4.69, 9.17) is 14.2 Å². The highest BCUT2D eigenvalue weighted by Gasteiger charge is 2.35. The van der Waals surface area contributed by atoms with E-state index in [1.54, 1.807) is 30.6 Å². The normalized spacial score (nSPS) is 13.2. The van der Waals surface area contributed by atoms with Crippen LogP contribution in [-0.2, 0) is 14.8 Å². The van der Waals surface area contributed by atoms with E-state index < -0.39 is 21.4 Å². The molecule has 1 N–H and O–H groups in total. The molecule has 0 aliphatic heterocycles. The lowest BCUT2D eigenvalue weighted by atomic mass is 10.2. The molecule has 0 radical (unpaired) electrons. The molecule has 0 fully saturated rings. The molecule has 37 heavy (non-hydrogen) atoms. The number of nitrogens with one attached hydrogen (secondary N) is 1. The molecule has 3 aromatic heterocycles. The van der Waals surface area contributed by atoms with Crippen molar-refractivity contribution in [3.05, 3.63) is 52.4 Å². The molecule has 0 amide bonds. The SMILES string of the molecule is COc1cccc(OC)c1-n1c(NS(=O)(=O)C(C)C(OC)c2ncc(C)cn2)nnc1-c1csc(C)n1. The fourth-order valence-electron chi connectivity index (χ4n) is 3.69. The second-order valence-electron chi connectivity index (χ2n) is 8.07. The number of para-hydroxylation sites is 1. The highest BCUT2D eigenvalue weighted by molar-refractivity contribution is 7.93. The number of aromatic nitrogens is 6. The molecule has 1 aromatic carbocycles. The molecule has 0 saturated heterocycles. The van der Waals surface area contributed by atoms with E-state index in [1.165, 1.54) is 44.2 Å². The number of methoxy groups -OCH3 is 3. The first-order chi connectivity index (χ1) is 17.7. The molecule has 0 aliphatic carbocycles. The predicted molar refractivity (Wildman–Crippen MR) is 139 cm³/mol. The van der Waals surface area contributed by atoms with E-state index in [-0.39, 0.29) is 11.8 Å². The first kappa shape index (κ1) is 26.4. The minimum absolute atomic E-state index is 0.0741. The summed E-state index contributed by atoms with van der Waals surface area (Å²) < 4.78 is 47.9. The monoisotopic (exact) mass is 545 g/mol. The third-order valence-electron chi connectivity index (χ3n) is 5.60. The zero-order valence-corrected chi connectivity index (χ0v) is 22.8. The standard InChI is InChI=1S/C23H27N7O5S2/c1-13-10-24-21(25-11-13)20(35-6)14(2)37(31,32)29-23-28-27-22(16-12-36-15(3)26-16)30(23)19-17(33-4)8-7-9-18(19)34-5/h7-12,14,20H,1-6H3,(H,28,29). The molecule has 14 heteroatoms. The number of aryl methyl sites for hydroxylation is 2. The number of benzene rings is 1. The van der Waals surface area contributed by atoms with E-state index in [9.17, 15) is 8.42 Å². The van der Waals surface area contributed by atoms with E-state index in [1.807, 2.05) is 19.2 Å². The molecular weight excluding hydrogens is 518 g/mol. The molecule has 4 rings (SSSR count). The molecule has 2 atom stereocenters. The van der Waals surface area contributed by atoms with Crippen molar-refractivity contribution in [1.29, 1.82) is 0 Å². The summed E-state index contributed by atoms with van der Waals surface area (Å²) in [4.78, 5) is 13.0. The molecule has 4 aromatic rings. The van der Waals surface area contributed by atoms with Gasteiger partial charge >= 0.3 is 0 Å². The zero-order chi connectivity index (χ0) is 26.7. The molecular formula is C23H27N7O5S2. The van der Waals surface area contributed by atoms with Crippen LogP contribution in [0, 0.1) is 13.8 Å². The molecule has 3 heterocycles. The zero-order valence-electron chi connectivity index (χ0n) is 21.2. The predicted octanol–water partition coefficient (Wildman–Crippen LogP) is 3.33. The van der Waals surface area contributed by atoms with Gasteiger partial charge in [0.25, 0.3) is 0 Å². The Balaban J connectivity index is 1.82. The molecule has 196 valence electrons. The summed E-state index contributed by atoms with van der Waals surface area (Å²) >= 11 is 1.43. The first-order valence-electron chi connectivity index (χ1n) is 11.1. The number of sulfonamides is 1. The number of hydrogen-bond donors (Lipinski definition) is 1. The summed E-state index contributed by atoms with van der Waals surface area (Å²) in [6.45, 7) is 5.21. The summed E-state index contributed by atoms with van der Waals surface area (Å²) in [6, 6.07) is 5.21. The highest BCUT2D eigenvalue weighted by atomic mass is 32.2. The van der Waals surface area contributed by atoms with Gasteiger partial charge in [0.15, 0.2) is 11.6 Å². The van der Waals surface area contributed by atoms with Gasteiger partial charge in [0.1, 0.15) is 34.2 Å². The van der Waals surface area contributed by atoms with Crippen LogP contribution in [-0.4, -0.2) is 64.7 Å². The van der Waals surface area contributed by atoms with Crippen molar-refractivity contribution in [2.24, 2.45) is 0 Å². The Hall–Kier alpha value is -3.62. The maximum absolute atomic E-state index is 13.6. The van der Waals surface area contributed by atoms with Crippen LogP contribution in [0.3, 0.4) is 0 Å². The Bertz CT molecular complexity index is 1460. The molecule has 0 spiro atoms. The Labute approximate surface area is 218 Å². The van der Waals surface area contributed by atoms with Crippen molar-refractivity contribution in [3.8, 4) is 28.7 Å². The Kier molecular flexibility index (Phi) is 7.71. The van der Waals surface area contributed by atoms with Crippen LogP contribution in [0.2, 0.25) is 0 Å². The van der Waals surface area contributed by atoms with Crippen molar-refractivity contribution in [2.75, 3.05) is 26.1 Å². The quantitative estimate of drug-likeness (QED) is 0.315. The van der Waals surface area contributed by atoms with Crippen molar-refractivity contribution in [3.63, 3.8) is 0 Å². The summed E-state index contributed by atoms with van der Waals surface area (Å²) in [5.41, 5.74) is 1.77. The fourth-order valence-corrected chi connectivity index (χ4v) is 5.41. The van der Waals surface area contributed by atoms with Crippen LogP contribution >= 0.6 is 11.3 Å². The van der Waals surface area contributed by atoms with Crippen LogP contribution in [0.1, 0.15) is 29.4 Å². The topological polar surface area (TPSA) is 143 Å². The minimum Gasteiger partial charge on any atom is -0.494 e.